The second-order valence-electron chi connectivity index (χ2n) is 4.80. The van der Waals surface area contributed by atoms with Gasteiger partial charge in [0.15, 0.2) is 0 Å². The van der Waals surface area contributed by atoms with E-state index in [1.54, 1.807) is 12.1 Å². The van der Waals surface area contributed by atoms with Crippen LogP contribution in [0.5, 0.6) is 5.75 Å². The van der Waals surface area contributed by atoms with Crippen LogP contribution in [0.4, 0.5) is 0 Å². The van der Waals surface area contributed by atoms with Crippen molar-refractivity contribution < 1.29 is 9.53 Å². The van der Waals surface area contributed by atoms with Gasteiger partial charge in [0.1, 0.15) is 18.6 Å². The van der Waals surface area contributed by atoms with Gasteiger partial charge < -0.3 is 4.74 Å². The molecule has 0 heterocycles. The maximum Gasteiger partial charge on any atom is 0.150 e. The number of aldehydes is 1. The molecule has 0 bridgehead atoms. The summed E-state index contributed by atoms with van der Waals surface area (Å²) in [7, 11) is 0. The van der Waals surface area contributed by atoms with Gasteiger partial charge in [0.05, 0.1) is 0 Å². The van der Waals surface area contributed by atoms with Crippen LogP contribution >= 0.6 is 15.9 Å². The molecule has 0 radical (unpaired) electrons. The zero-order valence-corrected chi connectivity index (χ0v) is 12.8. The molecule has 0 saturated carbocycles. The molecule has 3 heteroatoms. The van der Waals surface area contributed by atoms with Gasteiger partial charge in [0.25, 0.3) is 0 Å². The summed E-state index contributed by atoms with van der Waals surface area (Å²) in [6, 6.07) is 19.6. The van der Waals surface area contributed by atoms with Crippen LogP contribution in [-0.4, -0.2) is 6.29 Å². The second-order valence-corrected chi connectivity index (χ2v) is 5.72. The first kappa shape index (κ1) is 13.8. The van der Waals surface area contributed by atoms with E-state index >= 15 is 0 Å². The number of carbonyl (C=O) groups is 1. The summed E-state index contributed by atoms with van der Waals surface area (Å²) >= 11 is 3.47. The highest BCUT2D eigenvalue weighted by Gasteiger charge is 2.00. The van der Waals surface area contributed by atoms with Crippen LogP contribution in [0.25, 0.3) is 10.8 Å². The highest BCUT2D eigenvalue weighted by atomic mass is 79.9. The predicted molar refractivity (Wildman–Crippen MR) is 87.8 cm³/mol. The molecule has 104 valence electrons. The van der Waals surface area contributed by atoms with Crippen LogP contribution in [-0.2, 0) is 6.61 Å². The van der Waals surface area contributed by atoms with Crippen molar-refractivity contribution in [3.63, 3.8) is 0 Å². The van der Waals surface area contributed by atoms with Gasteiger partial charge >= 0.3 is 0 Å². The summed E-state index contributed by atoms with van der Waals surface area (Å²) in [5, 5.41) is 2.39. The van der Waals surface area contributed by atoms with E-state index in [0.717, 1.165) is 22.1 Å². The molecule has 0 spiro atoms. The van der Waals surface area contributed by atoms with E-state index in [4.69, 9.17) is 4.74 Å². The van der Waals surface area contributed by atoms with Gasteiger partial charge in [-0.3, -0.25) is 4.79 Å². The number of ether oxygens (including phenoxy) is 1. The van der Waals surface area contributed by atoms with Gasteiger partial charge in [-0.1, -0.05) is 34.1 Å². The first-order valence-corrected chi connectivity index (χ1v) is 7.40. The Morgan fingerprint density at radius 3 is 2.38 bits per heavy atom. The number of benzene rings is 3. The number of hydrogen-bond acceptors (Lipinski definition) is 2. The highest BCUT2D eigenvalue weighted by molar-refractivity contribution is 9.10. The Bertz CT molecular complexity index is 779. The van der Waals surface area contributed by atoms with Gasteiger partial charge in [0.2, 0.25) is 0 Å². The molecule has 3 rings (SSSR count). The highest BCUT2D eigenvalue weighted by Crippen LogP contribution is 2.22. The van der Waals surface area contributed by atoms with Crippen LogP contribution in [0.15, 0.2) is 65.1 Å². The largest absolute Gasteiger partial charge is 0.489 e. The Morgan fingerprint density at radius 2 is 1.62 bits per heavy atom. The molecule has 3 aromatic carbocycles. The third kappa shape index (κ3) is 3.31. The third-order valence-corrected chi connectivity index (χ3v) is 3.78. The molecule has 21 heavy (non-hydrogen) atoms. The SMILES string of the molecule is O=Cc1ccc(OCc2ccc3cc(Br)ccc3c2)cc1. The molecule has 0 amide bonds. The minimum Gasteiger partial charge on any atom is -0.489 e. The van der Waals surface area contributed by atoms with Crippen molar-refractivity contribution in [2.75, 3.05) is 0 Å². The fourth-order valence-electron chi connectivity index (χ4n) is 2.17. The molecular weight excluding hydrogens is 328 g/mol. The van der Waals surface area contributed by atoms with Crippen LogP contribution in [0, 0.1) is 0 Å². The summed E-state index contributed by atoms with van der Waals surface area (Å²) in [6.45, 7) is 0.506. The standard InChI is InChI=1S/C18H13BrO2/c19-17-6-5-15-9-14(1-4-16(15)10-17)12-21-18-7-2-13(11-20)3-8-18/h1-11H,12H2. The van der Waals surface area contributed by atoms with E-state index in [2.05, 4.69) is 46.3 Å². The molecule has 0 saturated heterocycles. The van der Waals surface area contributed by atoms with Gasteiger partial charge in [-0.2, -0.15) is 0 Å². The van der Waals surface area contributed by atoms with Crippen LogP contribution in [0.3, 0.4) is 0 Å². The molecule has 0 atom stereocenters. The number of rotatable bonds is 4. The lowest BCUT2D eigenvalue weighted by Gasteiger charge is -2.07. The van der Waals surface area contributed by atoms with Crippen molar-refractivity contribution in [1.29, 1.82) is 0 Å². The lowest BCUT2D eigenvalue weighted by Crippen LogP contribution is -1.95. The number of carbonyl (C=O) groups excluding carboxylic acids is 1. The minimum absolute atomic E-state index is 0.506. The lowest BCUT2D eigenvalue weighted by molar-refractivity contribution is 0.112. The van der Waals surface area contributed by atoms with Gasteiger partial charge in [0, 0.05) is 10.0 Å². The third-order valence-electron chi connectivity index (χ3n) is 3.29. The van der Waals surface area contributed by atoms with E-state index in [0.29, 0.717) is 12.2 Å². The van der Waals surface area contributed by atoms with E-state index in [1.807, 2.05) is 18.2 Å². The molecule has 2 nitrogen and oxygen atoms in total. The average Bonchev–Trinajstić information content (AvgIpc) is 2.53. The summed E-state index contributed by atoms with van der Waals surface area (Å²) in [5.74, 6) is 0.761. The average molecular weight is 341 g/mol. The Morgan fingerprint density at radius 1 is 0.905 bits per heavy atom. The maximum absolute atomic E-state index is 10.6. The number of fused-ring (bicyclic) bond motifs is 1. The van der Waals surface area contributed by atoms with Crippen molar-refractivity contribution in [3.8, 4) is 5.75 Å². The topological polar surface area (TPSA) is 26.3 Å². The van der Waals surface area contributed by atoms with Crippen molar-refractivity contribution in [2.24, 2.45) is 0 Å². The maximum atomic E-state index is 10.6. The van der Waals surface area contributed by atoms with Gasteiger partial charge in [-0.15, -0.1) is 0 Å². The van der Waals surface area contributed by atoms with E-state index in [9.17, 15) is 4.79 Å². The fourth-order valence-corrected chi connectivity index (χ4v) is 2.54. The lowest BCUT2D eigenvalue weighted by atomic mass is 10.1. The number of hydrogen-bond donors (Lipinski definition) is 0. The van der Waals surface area contributed by atoms with E-state index < -0.39 is 0 Å². The van der Waals surface area contributed by atoms with Crippen molar-refractivity contribution >= 4 is 33.0 Å². The molecule has 3 aromatic rings. The molecular formula is C18H13BrO2. The van der Waals surface area contributed by atoms with E-state index in [1.165, 1.54) is 10.8 Å². The summed E-state index contributed by atoms with van der Waals surface area (Å²) in [5.41, 5.74) is 1.77. The van der Waals surface area contributed by atoms with Crippen molar-refractivity contribution in [2.45, 2.75) is 6.61 Å². The molecule has 0 aliphatic rings. The predicted octanol–water partition coefficient (Wildman–Crippen LogP) is 4.99. The fraction of sp³-hybridized carbons (Fsp3) is 0.0556. The summed E-state index contributed by atoms with van der Waals surface area (Å²) in [6.07, 6.45) is 0.825. The van der Waals surface area contributed by atoms with E-state index in [-0.39, 0.29) is 0 Å². The minimum atomic E-state index is 0.506. The number of halogens is 1. The van der Waals surface area contributed by atoms with Crippen molar-refractivity contribution in [3.05, 3.63) is 76.3 Å². The molecule has 0 N–H and O–H groups in total. The molecule has 0 unspecified atom stereocenters. The first-order chi connectivity index (χ1) is 10.2. The van der Waals surface area contributed by atoms with Crippen molar-refractivity contribution in [1.82, 2.24) is 0 Å². The van der Waals surface area contributed by atoms with Gasteiger partial charge in [-0.25, -0.2) is 0 Å². The molecule has 0 aliphatic carbocycles. The molecule has 0 aliphatic heterocycles. The normalized spacial score (nSPS) is 10.5. The summed E-state index contributed by atoms with van der Waals surface area (Å²) < 4.78 is 6.82. The van der Waals surface area contributed by atoms with Gasteiger partial charge in [-0.05, 0) is 58.8 Å². The molecule has 0 fully saturated rings. The molecule has 0 aromatic heterocycles. The summed E-state index contributed by atoms with van der Waals surface area (Å²) in [4.78, 5) is 10.6. The van der Waals surface area contributed by atoms with Crippen LogP contribution in [0.2, 0.25) is 0 Å². The second kappa shape index (κ2) is 6.10. The first-order valence-electron chi connectivity index (χ1n) is 6.61. The Kier molecular flexibility index (Phi) is 4.02. The quantitative estimate of drug-likeness (QED) is 0.625. The Balaban J connectivity index is 1.75. The monoisotopic (exact) mass is 340 g/mol. The van der Waals surface area contributed by atoms with Crippen LogP contribution < -0.4 is 4.74 Å². The Hall–Kier alpha value is -2.13. The zero-order chi connectivity index (χ0) is 14.7. The van der Waals surface area contributed by atoms with Crippen LogP contribution in [0.1, 0.15) is 15.9 Å². The smallest absolute Gasteiger partial charge is 0.150 e. The zero-order valence-electron chi connectivity index (χ0n) is 11.3. The Labute approximate surface area is 131 Å².